The molecular weight excluding hydrogens is 193 g/mol. The zero-order chi connectivity index (χ0) is 10.6. The largest absolute Gasteiger partial charge is 0.409 e. The Morgan fingerprint density at radius 2 is 1.71 bits per heavy atom. The van der Waals surface area contributed by atoms with E-state index in [1.54, 1.807) is 0 Å². The Bertz CT molecular complexity index is 192. The number of aliphatic hydroxyl groups is 1. The molecular formula is C10H15F3O. The molecule has 0 aromatic carbocycles. The minimum atomic E-state index is -4.31. The standard InChI is InChI=1S/C10H15F3O/c11-10(12,13)7-6-9(14)8-4-2-1-3-5-8/h6-9,14H,1-5H2/b7-6-/t9-/m1/s1. The van der Waals surface area contributed by atoms with Crippen molar-refractivity contribution in [2.24, 2.45) is 5.92 Å². The van der Waals surface area contributed by atoms with Gasteiger partial charge in [-0.05, 0) is 18.8 Å². The molecule has 0 unspecified atom stereocenters. The number of hydrogen-bond acceptors (Lipinski definition) is 1. The van der Waals surface area contributed by atoms with Crippen molar-refractivity contribution < 1.29 is 18.3 Å². The third-order valence-electron chi connectivity index (χ3n) is 2.62. The van der Waals surface area contributed by atoms with E-state index in [1.165, 1.54) is 0 Å². The lowest BCUT2D eigenvalue weighted by atomic mass is 9.85. The lowest BCUT2D eigenvalue weighted by Crippen LogP contribution is -2.21. The van der Waals surface area contributed by atoms with Gasteiger partial charge in [-0.15, -0.1) is 0 Å². The highest BCUT2D eigenvalue weighted by molar-refractivity contribution is 4.96. The van der Waals surface area contributed by atoms with Crippen LogP contribution < -0.4 is 0 Å². The fourth-order valence-electron chi connectivity index (χ4n) is 1.84. The van der Waals surface area contributed by atoms with Crippen LogP contribution in [0.1, 0.15) is 32.1 Å². The molecule has 1 nitrogen and oxygen atoms in total. The summed E-state index contributed by atoms with van der Waals surface area (Å²) in [5.41, 5.74) is 0. The van der Waals surface area contributed by atoms with Gasteiger partial charge in [-0.1, -0.05) is 25.3 Å². The van der Waals surface area contributed by atoms with E-state index in [2.05, 4.69) is 0 Å². The predicted octanol–water partition coefficient (Wildman–Crippen LogP) is 3.05. The summed E-state index contributed by atoms with van der Waals surface area (Å²) >= 11 is 0. The molecule has 14 heavy (non-hydrogen) atoms. The van der Waals surface area contributed by atoms with Crippen LogP contribution in [0.15, 0.2) is 12.2 Å². The fourth-order valence-corrected chi connectivity index (χ4v) is 1.84. The van der Waals surface area contributed by atoms with E-state index in [4.69, 9.17) is 0 Å². The molecule has 0 saturated heterocycles. The molecule has 0 amide bonds. The normalized spacial score (nSPS) is 22.9. The summed E-state index contributed by atoms with van der Waals surface area (Å²) < 4.78 is 35.4. The molecule has 1 rings (SSSR count). The number of rotatable bonds is 2. The Hall–Kier alpha value is -0.510. The monoisotopic (exact) mass is 208 g/mol. The average Bonchev–Trinajstić information content (AvgIpc) is 2.14. The molecule has 0 aromatic heterocycles. The minimum Gasteiger partial charge on any atom is -0.389 e. The first-order valence-corrected chi connectivity index (χ1v) is 4.93. The van der Waals surface area contributed by atoms with Crippen LogP contribution in [0.2, 0.25) is 0 Å². The quantitative estimate of drug-likeness (QED) is 0.691. The molecule has 1 fully saturated rings. The number of allylic oxidation sites excluding steroid dienone is 1. The molecule has 4 heteroatoms. The maximum absolute atomic E-state index is 11.8. The van der Waals surface area contributed by atoms with Crippen molar-refractivity contribution in [1.82, 2.24) is 0 Å². The number of hydrogen-bond donors (Lipinski definition) is 1. The zero-order valence-corrected chi connectivity index (χ0v) is 7.93. The SMILES string of the molecule is O[C@H](/C=C\C(F)(F)F)C1CCCCC1. The molecule has 0 heterocycles. The number of halogens is 3. The molecule has 0 spiro atoms. The smallest absolute Gasteiger partial charge is 0.389 e. The molecule has 82 valence electrons. The van der Waals surface area contributed by atoms with Crippen molar-refractivity contribution in [3.8, 4) is 0 Å². The highest BCUT2D eigenvalue weighted by atomic mass is 19.4. The van der Waals surface area contributed by atoms with Gasteiger partial charge < -0.3 is 5.11 Å². The van der Waals surface area contributed by atoms with Crippen molar-refractivity contribution in [1.29, 1.82) is 0 Å². The van der Waals surface area contributed by atoms with E-state index in [0.717, 1.165) is 38.2 Å². The highest BCUT2D eigenvalue weighted by Crippen LogP contribution is 2.27. The molecule has 1 N–H and O–H groups in total. The lowest BCUT2D eigenvalue weighted by molar-refractivity contribution is -0.0808. The second kappa shape index (κ2) is 4.82. The first-order valence-electron chi connectivity index (χ1n) is 4.93. The summed E-state index contributed by atoms with van der Waals surface area (Å²) in [6.45, 7) is 0. The molecule has 1 aliphatic carbocycles. The van der Waals surface area contributed by atoms with Gasteiger partial charge in [0, 0.05) is 6.08 Å². The Morgan fingerprint density at radius 3 is 2.21 bits per heavy atom. The summed E-state index contributed by atoms with van der Waals surface area (Å²) in [4.78, 5) is 0. The van der Waals surface area contributed by atoms with Crippen molar-refractivity contribution in [2.75, 3.05) is 0 Å². The van der Waals surface area contributed by atoms with E-state index in [1.807, 2.05) is 0 Å². The second-order valence-corrected chi connectivity index (χ2v) is 3.79. The molecule has 1 atom stereocenters. The second-order valence-electron chi connectivity index (χ2n) is 3.79. The van der Waals surface area contributed by atoms with Crippen LogP contribution in [0.25, 0.3) is 0 Å². The van der Waals surface area contributed by atoms with Crippen LogP contribution in [0.4, 0.5) is 13.2 Å². The first kappa shape index (κ1) is 11.6. The van der Waals surface area contributed by atoms with E-state index in [0.29, 0.717) is 0 Å². The van der Waals surface area contributed by atoms with Crippen LogP contribution in [0, 0.1) is 5.92 Å². The van der Waals surface area contributed by atoms with Crippen LogP contribution in [0.3, 0.4) is 0 Å². The molecule has 1 aliphatic rings. The Kier molecular flexibility index (Phi) is 3.98. The van der Waals surface area contributed by atoms with Crippen LogP contribution >= 0.6 is 0 Å². The molecule has 0 bridgehead atoms. The maximum atomic E-state index is 11.8. The van der Waals surface area contributed by atoms with Crippen molar-refractivity contribution in [3.63, 3.8) is 0 Å². The topological polar surface area (TPSA) is 20.2 Å². The highest BCUT2D eigenvalue weighted by Gasteiger charge is 2.25. The van der Waals surface area contributed by atoms with Gasteiger partial charge in [-0.25, -0.2) is 0 Å². The van der Waals surface area contributed by atoms with Gasteiger partial charge in [0.25, 0.3) is 0 Å². The summed E-state index contributed by atoms with van der Waals surface area (Å²) in [5, 5.41) is 9.45. The van der Waals surface area contributed by atoms with Gasteiger partial charge in [0.2, 0.25) is 0 Å². The number of aliphatic hydroxyl groups excluding tert-OH is 1. The lowest BCUT2D eigenvalue weighted by Gasteiger charge is -2.24. The van der Waals surface area contributed by atoms with Gasteiger partial charge in [0.1, 0.15) is 0 Å². The van der Waals surface area contributed by atoms with Gasteiger partial charge in [0.15, 0.2) is 0 Å². The van der Waals surface area contributed by atoms with E-state index >= 15 is 0 Å². The van der Waals surface area contributed by atoms with Gasteiger partial charge in [-0.2, -0.15) is 13.2 Å². The van der Waals surface area contributed by atoms with Crippen molar-refractivity contribution in [2.45, 2.75) is 44.4 Å². The predicted molar refractivity (Wildman–Crippen MR) is 47.8 cm³/mol. The molecule has 0 aliphatic heterocycles. The van der Waals surface area contributed by atoms with Crippen LogP contribution in [-0.4, -0.2) is 17.4 Å². The van der Waals surface area contributed by atoms with Crippen LogP contribution in [0.5, 0.6) is 0 Å². The van der Waals surface area contributed by atoms with E-state index in [9.17, 15) is 18.3 Å². The van der Waals surface area contributed by atoms with Gasteiger partial charge in [-0.3, -0.25) is 0 Å². The third-order valence-corrected chi connectivity index (χ3v) is 2.62. The average molecular weight is 208 g/mol. The third kappa shape index (κ3) is 4.13. The molecule has 0 aromatic rings. The summed E-state index contributed by atoms with van der Waals surface area (Å²) in [6, 6.07) is 0. The fraction of sp³-hybridized carbons (Fsp3) is 0.800. The Labute approximate surface area is 81.6 Å². The van der Waals surface area contributed by atoms with E-state index < -0.39 is 12.3 Å². The molecule has 0 radical (unpaired) electrons. The van der Waals surface area contributed by atoms with Gasteiger partial charge >= 0.3 is 6.18 Å². The molecule has 1 saturated carbocycles. The van der Waals surface area contributed by atoms with Crippen molar-refractivity contribution >= 4 is 0 Å². The van der Waals surface area contributed by atoms with E-state index in [-0.39, 0.29) is 12.0 Å². The Balaban J connectivity index is 2.40. The summed E-state index contributed by atoms with van der Waals surface area (Å²) in [6.07, 6.45) is 0.594. The van der Waals surface area contributed by atoms with Crippen molar-refractivity contribution in [3.05, 3.63) is 12.2 Å². The van der Waals surface area contributed by atoms with Crippen LogP contribution in [-0.2, 0) is 0 Å². The number of alkyl halides is 3. The maximum Gasteiger partial charge on any atom is 0.409 e. The summed E-state index contributed by atoms with van der Waals surface area (Å²) in [7, 11) is 0. The minimum absolute atomic E-state index is 0.0161. The van der Waals surface area contributed by atoms with Gasteiger partial charge in [0.05, 0.1) is 6.10 Å². The first-order chi connectivity index (χ1) is 6.49. The zero-order valence-electron chi connectivity index (χ0n) is 7.93. The summed E-state index contributed by atoms with van der Waals surface area (Å²) in [5.74, 6) is 0.0161. The Morgan fingerprint density at radius 1 is 1.14 bits per heavy atom.